The maximum atomic E-state index is 11.9. The van der Waals surface area contributed by atoms with Gasteiger partial charge in [0.15, 0.2) is 0 Å². The van der Waals surface area contributed by atoms with Crippen molar-refractivity contribution in [2.24, 2.45) is 5.14 Å². The molecule has 0 amide bonds. The van der Waals surface area contributed by atoms with Gasteiger partial charge in [-0.3, -0.25) is 10.1 Å². The van der Waals surface area contributed by atoms with Gasteiger partial charge in [-0.1, -0.05) is 31.2 Å². The van der Waals surface area contributed by atoms with E-state index in [0.29, 0.717) is 18.8 Å². The molecule has 0 saturated carbocycles. The summed E-state index contributed by atoms with van der Waals surface area (Å²) in [6.45, 7) is 2.39. The van der Waals surface area contributed by atoms with Gasteiger partial charge in [-0.25, -0.2) is 13.6 Å². The minimum absolute atomic E-state index is 0.0419. The fraction of sp³-hybridized carbons (Fsp3) is 0.250. The highest BCUT2D eigenvalue weighted by atomic mass is 32.2. The summed E-state index contributed by atoms with van der Waals surface area (Å²) in [7, 11) is -4.09. The number of rotatable bonds is 8. The number of benzene rings is 2. The van der Waals surface area contributed by atoms with Crippen LogP contribution in [0, 0.1) is 10.1 Å². The lowest BCUT2D eigenvalue weighted by Gasteiger charge is -2.25. The molecule has 0 fully saturated rings. The van der Waals surface area contributed by atoms with Crippen molar-refractivity contribution in [3.05, 3.63) is 58.6 Å². The maximum absolute atomic E-state index is 11.9. The minimum atomic E-state index is -4.09. The summed E-state index contributed by atoms with van der Waals surface area (Å²) in [5, 5.41) is 16.7. The molecule has 2 rings (SSSR count). The van der Waals surface area contributed by atoms with Crippen molar-refractivity contribution < 1.29 is 13.3 Å². The Morgan fingerprint density at radius 1 is 1.16 bits per heavy atom. The van der Waals surface area contributed by atoms with Crippen LogP contribution >= 0.6 is 11.8 Å². The monoisotopic (exact) mass is 381 g/mol. The van der Waals surface area contributed by atoms with Crippen LogP contribution in [0.2, 0.25) is 0 Å². The number of para-hydroxylation sites is 1. The quantitative estimate of drug-likeness (QED) is 0.326. The van der Waals surface area contributed by atoms with E-state index in [4.69, 9.17) is 5.14 Å². The molecule has 0 atom stereocenters. The van der Waals surface area contributed by atoms with Crippen LogP contribution in [-0.2, 0) is 10.0 Å². The van der Waals surface area contributed by atoms with Crippen molar-refractivity contribution in [1.29, 1.82) is 0 Å². The van der Waals surface area contributed by atoms with Gasteiger partial charge < -0.3 is 4.90 Å². The number of anilines is 1. The predicted molar refractivity (Wildman–Crippen MR) is 99.3 cm³/mol. The number of sulfonamides is 1. The molecule has 0 spiro atoms. The van der Waals surface area contributed by atoms with E-state index < -0.39 is 14.9 Å². The van der Waals surface area contributed by atoms with Crippen molar-refractivity contribution in [3.63, 3.8) is 0 Å². The highest BCUT2D eigenvalue weighted by molar-refractivity contribution is 7.99. The number of primary sulfonamides is 1. The van der Waals surface area contributed by atoms with E-state index in [9.17, 15) is 18.5 Å². The first-order valence-corrected chi connectivity index (χ1v) is 10.1. The SMILES string of the molecule is CCCN(CSc1ccccc1)c1c([N+](=O)[O-])cccc1S(N)(=O)=O. The first-order valence-electron chi connectivity index (χ1n) is 7.57. The number of thioether (sulfide) groups is 1. The normalized spacial score (nSPS) is 11.3. The molecule has 2 aromatic carbocycles. The van der Waals surface area contributed by atoms with Crippen molar-refractivity contribution in [1.82, 2.24) is 0 Å². The molecule has 0 aliphatic rings. The molecule has 134 valence electrons. The molecule has 0 saturated heterocycles. The minimum Gasteiger partial charge on any atom is -0.355 e. The Kier molecular flexibility index (Phi) is 6.40. The van der Waals surface area contributed by atoms with E-state index >= 15 is 0 Å². The summed E-state index contributed by atoms with van der Waals surface area (Å²) in [5.41, 5.74) is -0.228. The maximum Gasteiger partial charge on any atom is 0.293 e. The standard InChI is InChI=1S/C16H19N3O4S2/c1-2-11-18(12-24-13-7-4-3-5-8-13)16-14(19(20)21)9-6-10-15(16)25(17,22)23/h3-10H,2,11-12H2,1H3,(H2,17,22,23). The van der Waals surface area contributed by atoms with Crippen LogP contribution in [0.5, 0.6) is 0 Å². The number of nitrogens with zero attached hydrogens (tertiary/aromatic N) is 2. The number of nitrogens with two attached hydrogens (primary N) is 1. The number of hydrogen-bond donors (Lipinski definition) is 1. The van der Waals surface area contributed by atoms with Gasteiger partial charge in [0, 0.05) is 17.5 Å². The van der Waals surface area contributed by atoms with E-state index in [1.54, 1.807) is 4.90 Å². The molecule has 9 heteroatoms. The third-order valence-corrected chi connectivity index (χ3v) is 5.41. The van der Waals surface area contributed by atoms with Gasteiger partial charge in [-0.15, -0.1) is 11.8 Å². The van der Waals surface area contributed by atoms with Gasteiger partial charge in [0.05, 0.1) is 10.8 Å². The van der Waals surface area contributed by atoms with Gasteiger partial charge in [0.25, 0.3) is 5.69 Å². The van der Waals surface area contributed by atoms with Crippen LogP contribution in [0.15, 0.2) is 58.3 Å². The summed E-state index contributed by atoms with van der Waals surface area (Å²) < 4.78 is 23.9. The lowest BCUT2D eigenvalue weighted by Crippen LogP contribution is -2.27. The lowest BCUT2D eigenvalue weighted by molar-refractivity contribution is -0.384. The number of hydrogen-bond acceptors (Lipinski definition) is 6. The molecular weight excluding hydrogens is 362 g/mol. The summed E-state index contributed by atoms with van der Waals surface area (Å²) in [6, 6.07) is 13.5. The van der Waals surface area contributed by atoms with Crippen LogP contribution in [0.3, 0.4) is 0 Å². The second-order valence-electron chi connectivity index (χ2n) is 5.28. The van der Waals surface area contributed by atoms with Crippen LogP contribution < -0.4 is 10.0 Å². The summed E-state index contributed by atoms with van der Waals surface area (Å²) >= 11 is 1.47. The molecular formula is C16H19N3O4S2. The average molecular weight is 381 g/mol. The third-order valence-electron chi connectivity index (χ3n) is 3.42. The zero-order chi connectivity index (χ0) is 18.4. The fourth-order valence-corrected chi connectivity index (χ4v) is 4.07. The first-order chi connectivity index (χ1) is 11.8. The van der Waals surface area contributed by atoms with Gasteiger partial charge in [0.2, 0.25) is 10.0 Å². The third kappa shape index (κ3) is 4.94. The lowest BCUT2D eigenvalue weighted by atomic mass is 10.2. The van der Waals surface area contributed by atoms with E-state index in [0.717, 1.165) is 4.90 Å². The van der Waals surface area contributed by atoms with E-state index in [1.165, 1.54) is 30.0 Å². The largest absolute Gasteiger partial charge is 0.355 e. The van der Waals surface area contributed by atoms with Gasteiger partial charge in [-0.2, -0.15) is 0 Å². The molecule has 7 nitrogen and oxygen atoms in total. The highest BCUT2D eigenvalue weighted by Crippen LogP contribution is 2.36. The molecule has 25 heavy (non-hydrogen) atoms. The zero-order valence-corrected chi connectivity index (χ0v) is 15.3. The van der Waals surface area contributed by atoms with E-state index in [2.05, 4.69) is 0 Å². The first kappa shape index (κ1) is 19.2. The van der Waals surface area contributed by atoms with Crippen LogP contribution in [0.4, 0.5) is 11.4 Å². The van der Waals surface area contributed by atoms with Crippen LogP contribution in [0.25, 0.3) is 0 Å². The van der Waals surface area contributed by atoms with Gasteiger partial charge >= 0.3 is 0 Å². The predicted octanol–water partition coefficient (Wildman–Crippen LogP) is 3.21. The van der Waals surface area contributed by atoms with Crippen molar-refractivity contribution in [3.8, 4) is 0 Å². The number of nitro groups is 1. The molecule has 0 unspecified atom stereocenters. The second-order valence-corrected chi connectivity index (χ2v) is 7.82. The molecule has 0 heterocycles. The molecule has 2 N–H and O–H groups in total. The fourth-order valence-electron chi connectivity index (χ4n) is 2.39. The Morgan fingerprint density at radius 3 is 2.40 bits per heavy atom. The summed E-state index contributed by atoms with van der Waals surface area (Å²) in [5.74, 6) is 0.366. The molecule has 0 bridgehead atoms. The van der Waals surface area contributed by atoms with Crippen LogP contribution in [-0.4, -0.2) is 25.8 Å². The smallest absolute Gasteiger partial charge is 0.293 e. The Morgan fingerprint density at radius 2 is 1.84 bits per heavy atom. The summed E-state index contributed by atoms with van der Waals surface area (Å²) in [4.78, 5) is 13.3. The Balaban J connectivity index is 2.47. The average Bonchev–Trinajstić information content (AvgIpc) is 2.58. The molecule has 0 radical (unpaired) electrons. The highest BCUT2D eigenvalue weighted by Gasteiger charge is 2.27. The molecule has 2 aromatic rings. The second kappa shape index (κ2) is 8.32. The van der Waals surface area contributed by atoms with E-state index in [-0.39, 0.29) is 16.3 Å². The topological polar surface area (TPSA) is 107 Å². The van der Waals surface area contributed by atoms with Crippen molar-refractivity contribution in [2.45, 2.75) is 23.1 Å². The van der Waals surface area contributed by atoms with Gasteiger partial charge in [0.1, 0.15) is 10.6 Å². The molecule has 0 aliphatic heterocycles. The zero-order valence-electron chi connectivity index (χ0n) is 13.7. The summed E-state index contributed by atoms with van der Waals surface area (Å²) in [6.07, 6.45) is 0.700. The van der Waals surface area contributed by atoms with Crippen LogP contribution in [0.1, 0.15) is 13.3 Å². The van der Waals surface area contributed by atoms with E-state index in [1.807, 2.05) is 37.3 Å². The number of nitro benzene ring substituents is 1. The van der Waals surface area contributed by atoms with Crippen molar-refractivity contribution >= 4 is 33.2 Å². The molecule has 0 aliphatic carbocycles. The van der Waals surface area contributed by atoms with Crippen molar-refractivity contribution in [2.75, 3.05) is 17.3 Å². The Bertz CT molecular complexity index is 842. The Labute approximate surface area is 151 Å². The molecule has 0 aromatic heterocycles. The Hall–Kier alpha value is -2.10. The van der Waals surface area contributed by atoms with Gasteiger partial charge in [-0.05, 0) is 24.6 Å².